The number of benzene rings is 1. The van der Waals surface area contributed by atoms with E-state index in [4.69, 9.17) is 0 Å². The minimum absolute atomic E-state index is 0.278. The van der Waals surface area contributed by atoms with E-state index < -0.39 is 11.6 Å². The molecule has 1 aromatic rings. The van der Waals surface area contributed by atoms with Gasteiger partial charge in [0.1, 0.15) is 12.1 Å². The summed E-state index contributed by atoms with van der Waals surface area (Å²) in [6.45, 7) is 7.71. The van der Waals surface area contributed by atoms with Gasteiger partial charge in [0.2, 0.25) is 5.91 Å². The topological polar surface area (TPSA) is 78.5 Å². The van der Waals surface area contributed by atoms with Crippen molar-refractivity contribution in [2.24, 2.45) is 0 Å². The van der Waals surface area contributed by atoms with Gasteiger partial charge in [0.05, 0.1) is 0 Å². The predicted molar refractivity (Wildman–Crippen MR) is 97.3 cm³/mol. The zero-order valence-corrected chi connectivity index (χ0v) is 15.4. The van der Waals surface area contributed by atoms with E-state index in [1.807, 2.05) is 38.1 Å². The lowest BCUT2D eigenvalue weighted by molar-refractivity contribution is -0.134. The number of hydrogen-bond acceptors (Lipinski definition) is 3. The molecule has 2 rings (SSSR count). The number of rotatable bonds is 7. The van der Waals surface area contributed by atoms with Gasteiger partial charge in [0.25, 0.3) is 5.91 Å². The van der Waals surface area contributed by atoms with E-state index in [1.165, 1.54) is 5.56 Å². The lowest BCUT2D eigenvalue weighted by Gasteiger charge is -2.23. The number of imide groups is 1. The van der Waals surface area contributed by atoms with Crippen LogP contribution in [0.15, 0.2) is 24.3 Å². The number of anilines is 1. The molecule has 0 radical (unpaired) electrons. The van der Waals surface area contributed by atoms with E-state index >= 15 is 0 Å². The fourth-order valence-electron chi connectivity index (χ4n) is 3.02. The van der Waals surface area contributed by atoms with Gasteiger partial charge in [-0.05, 0) is 42.9 Å². The molecule has 1 saturated heterocycles. The Balaban J connectivity index is 2.01. The van der Waals surface area contributed by atoms with Gasteiger partial charge in [-0.15, -0.1) is 0 Å². The largest absolute Gasteiger partial charge is 0.325 e. The summed E-state index contributed by atoms with van der Waals surface area (Å²) in [7, 11) is 0. The summed E-state index contributed by atoms with van der Waals surface area (Å²) in [4.78, 5) is 37.8. The van der Waals surface area contributed by atoms with Gasteiger partial charge in [0.15, 0.2) is 0 Å². The standard InChI is InChI=1S/C19H27N3O3/c1-5-13(4)14-8-10-15(11-9-14)20-16(23)12-22-17(24)19(6-2,7-3)21-18(22)25/h8-11,13H,5-7,12H2,1-4H3,(H,20,23)(H,21,25). The van der Waals surface area contributed by atoms with Crippen LogP contribution in [0.25, 0.3) is 0 Å². The van der Waals surface area contributed by atoms with E-state index in [0.29, 0.717) is 24.4 Å². The molecule has 25 heavy (non-hydrogen) atoms. The number of hydrogen-bond donors (Lipinski definition) is 2. The molecule has 0 saturated carbocycles. The highest BCUT2D eigenvalue weighted by Gasteiger charge is 2.49. The SMILES string of the molecule is CCC(C)c1ccc(NC(=O)CN2C(=O)NC(CC)(CC)C2=O)cc1. The third-order valence-corrected chi connectivity index (χ3v) is 5.13. The molecule has 0 aromatic heterocycles. The third-order valence-electron chi connectivity index (χ3n) is 5.13. The van der Waals surface area contributed by atoms with Crippen molar-refractivity contribution >= 4 is 23.5 Å². The summed E-state index contributed by atoms with van der Waals surface area (Å²) in [6, 6.07) is 7.14. The van der Waals surface area contributed by atoms with Gasteiger partial charge >= 0.3 is 6.03 Å². The van der Waals surface area contributed by atoms with E-state index in [0.717, 1.165) is 11.3 Å². The van der Waals surface area contributed by atoms with Crippen molar-refractivity contribution in [3.05, 3.63) is 29.8 Å². The molecule has 1 unspecified atom stereocenters. The molecule has 0 bridgehead atoms. The molecule has 6 heteroatoms. The van der Waals surface area contributed by atoms with Crippen molar-refractivity contribution in [1.82, 2.24) is 10.2 Å². The fraction of sp³-hybridized carbons (Fsp3) is 0.526. The van der Waals surface area contributed by atoms with Gasteiger partial charge in [-0.1, -0.05) is 39.8 Å². The number of nitrogens with one attached hydrogen (secondary N) is 2. The molecule has 2 N–H and O–H groups in total. The summed E-state index contributed by atoms with van der Waals surface area (Å²) in [5, 5.41) is 5.46. The summed E-state index contributed by atoms with van der Waals surface area (Å²) >= 11 is 0. The first-order valence-corrected chi connectivity index (χ1v) is 8.90. The molecule has 136 valence electrons. The Morgan fingerprint density at radius 3 is 2.24 bits per heavy atom. The first kappa shape index (κ1) is 19.0. The summed E-state index contributed by atoms with van der Waals surface area (Å²) in [5.74, 6) is -0.251. The third kappa shape index (κ3) is 3.83. The first-order valence-electron chi connectivity index (χ1n) is 8.90. The summed E-state index contributed by atoms with van der Waals surface area (Å²) in [5.41, 5.74) is 0.988. The minimum Gasteiger partial charge on any atom is -0.325 e. The van der Waals surface area contributed by atoms with Gasteiger partial charge in [0, 0.05) is 5.69 Å². The molecule has 1 aliphatic heterocycles. The number of amides is 4. The fourth-order valence-corrected chi connectivity index (χ4v) is 3.02. The molecular weight excluding hydrogens is 318 g/mol. The van der Waals surface area contributed by atoms with Crippen molar-refractivity contribution in [2.45, 2.75) is 58.4 Å². The number of carbonyl (C=O) groups excluding carboxylic acids is 3. The van der Waals surface area contributed by atoms with Crippen LogP contribution in [0.3, 0.4) is 0 Å². The second-order valence-electron chi connectivity index (χ2n) is 6.59. The zero-order chi connectivity index (χ0) is 18.6. The Labute approximate surface area is 149 Å². The van der Waals surface area contributed by atoms with E-state index in [9.17, 15) is 14.4 Å². The summed E-state index contributed by atoms with van der Waals surface area (Å²) < 4.78 is 0. The van der Waals surface area contributed by atoms with Gasteiger partial charge in [-0.25, -0.2) is 4.79 Å². The van der Waals surface area contributed by atoms with Crippen LogP contribution in [0.1, 0.15) is 58.4 Å². The molecule has 0 spiro atoms. The summed E-state index contributed by atoms with van der Waals surface area (Å²) in [6.07, 6.45) is 2.06. The zero-order valence-electron chi connectivity index (χ0n) is 15.4. The van der Waals surface area contributed by atoms with Crippen molar-refractivity contribution in [1.29, 1.82) is 0 Å². The van der Waals surface area contributed by atoms with Gasteiger partial charge in [-0.3, -0.25) is 14.5 Å². The maximum Gasteiger partial charge on any atom is 0.325 e. The monoisotopic (exact) mass is 345 g/mol. The first-order chi connectivity index (χ1) is 11.9. The maximum absolute atomic E-state index is 12.5. The molecule has 1 heterocycles. The van der Waals surface area contributed by atoms with E-state index in [1.54, 1.807) is 0 Å². The highest BCUT2D eigenvalue weighted by Crippen LogP contribution is 2.25. The number of nitrogens with zero attached hydrogens (tertiary/aromatic N) is 1. The molecule has 4 amide bonds. The highest BCUT2D eigenvalue weighted by atomic mass is 16.2. The molecule has 1 aromatic carbocycles. The van der Waals surface area contributed by atoms with Crippen molar-refractivity contribution < 1.29 is 14.4 Å². The average molecular weight is 345 g/mol. The molecule has 6 nitrogen and oxygen atoms in total. The minimum atomic E-state index is -0.880. The molecule has 1 fully saturated rings. The molecular formula is C19H27N3O3. The highest BCUT2D eigenvalue weighted by molar-refractivity contribution is 6.10. The van der Waals surface area contributed by atoms with Crippen LogP contribution in [0.2, 0.25) is 0 Å². The van der Waals surface area contributed by atoms with Crippen LogP contribution in [0.5, 0.6) is 0 Å². The van der Waals surface area contributed by atoms with Crippen molar-refractivity contribution in [3.8, 4) is 0 Å². The van der Waals surface area contributed by atoms with Gasteiger partial charge in [-0.2, -0.15) is 0 Å². The lowest BCUT2D eigenvalue weighted by atomic mass is 9.93. The number of carbonyl (C=O) groups is 3. The lowest BCUT2D eigenvalue weighted by Crippen LogP contribution is -2.46. The molecule has 1 atom stereocenters. The Bertz CT molecular complexity index is 650. The normalized spacial score (nSPS) is 17.4. The van der Waals surface area contributed by atoms with Crippen LogP contribution in [-0.4, -0.2) is 34.8 Å². The van der Waals surface area contributed by atoms with Crippen LogP contribution in [0.4, 0.5) is 10.5 Å². The Hall–Kier alpha value is -2.37. The Kier molecular flexibility index (Phi) is 5.82. The van der Waals surface area contributed by atoms with E-state index in [2.05, 4.69) is 24.5 Å². The Morgan fingerprint density at radius 1 is 1.16 bits per heavy atom. The van der Waals surface area contributed by atoms with Crippen molar-refractivity contribution in [3.63, 3.8) is 0 Å². The maximum atomic E-state index is 12.5. The second-order valence-corrected chi connectivity index (χ2v) is 6.59. The van der Waals surface area contributed by atoms with Crippen LogP contribution < -0.4 is 10.6 Å². The molecule has 1 aliphatic rings. The quantitative estimate of drug-likeness (QED) is 0.745. The average Bonchev–Trinajstić information content (AvgIpc) is 2.86. The Morgan fingerprint density at radius 2 is 1.76 bits per heavy atom. The molecule has 0 aliphatic carbocycles. The van der Waals surface area contributed by atoms with E-state index in [-0.39, 0.29) is 18.4 Å². The van der Waals surface area contributed by atoms with Gasteiger partial charge < -0.3 is 10.6 Å². The van der Waals surface area contributed by atoms with Crippen LogP contribution >= 0.6 is 0 Å². The second kappa shape index (κ2) is 7.68. The smallest absolute Gasteiger partial charge is 0.325 e. The van der Waals surface area contributed by atoms with Crippen LogP contribution in [-0.2, 0) is 9.59 Å². The number of urea groups is 1. The van der Waals surface area contributed by atoms with Crippen LogP contribution in [0, 0.1) is 0 Å². The van der Waals surface area contributed by atoms with Crippen molar-refractivity contribution in [2.75, 3.05) is 11.9 Å². The predicted octanol–water partition coefficient (Wildman–Crippen LogP) is 3.25.